The summed E-state index contributed by atoms with van der Waals surface area (Å²) >= 11 is 0. The molecule has 84 valence electrons. The smallest absolute Gasteiger partial charge is 0.229 e. The van der Waals surface area contributed by atoms with Crippen molar-refractivity contribution in [2.45, 2.75) is 0 Å². The summed E-state index contributed by atoms with van der Waals surface area (Å²) in [6, 6.07) is 8.83. The molecule has 0 radical (unpaired) electrons. The first kappa shape index (κ1) is 9.65. The monoisotopic (exact) mass is 226 g/mol. The second kappa shape index (κ2) is 3.48. The summed E-state index contributed by atoms with van der Waals surface area (Å²) in [5.74, 6) is 0.470. The van der Waals surface area contributed by atoms with Crippen LogP contribution in [0.15, 0.2) is 40.9 Å². The van der Waals surface area contributed by atoms with Gasteiger partial charge >= 0.3 is 0 Å². The van der Waals surface area contributed by atoms with Crippen LogP contribution in [0.5, 0.6) is 0 Å². The van der Waals surface area contributed by atoms with Crippen molar-refractivity contribution in [1.82, 2.24) is 9.97 Å². The quantitative estimate of drug-likeness (QED) is 0.619. The molecule has 17 heavy (non-hydrogen) atoms. The van der Waals surface area contributed by atoms with Gasteiger partial charge in [0, 0.05) is 23.1 Å². The van der Waals surface area contributed by atoms with E-state index in [-0.39, 0.29) is 0 Å². The molecule has 0 aliphatic carbocycles. The van der Waals surface area contributed by atoms with Crippen molar-refractivity contribution < 1.29 is 4.42 Å². The molecular formula is C12H10N4O. The van der Waals surface area contributed by atoms with E-state index in [4.69, 9.17) is 15.9 Å². The summed E-state index contributed by atoms with van der Waals surface area (Å²) in [5.41, 5.74) is 14.6. The van der Waals surface area contributed by atoms with E-state index >= 15 is 0 Å². The Morgan fingerprint density at radius 2 is 1.82 bits per heavy atom. The summed E-state index contributed by atoms with van der Waals surface area (Å²) in [6.07, 6.45) is 1.67. The maximum absolute atomic E-state index is 5.73. The Bertz CT molecular complexity index is 637. The normalized spacial score (nSPS) is 10.8. The topological polar surface area (TPSA) is 91.0 Å². The minimum Gasteiger partial charge on any atom is -0.434 e. The molecule has 0 fully saturated rings. The number of rotatable bonds is 1. The first-order chi connectivity index (χ1) is 8.22. The molecule has 1 aromatic carbocycles. The highest BCUT2D eigenvalue weighted by Gasteiger charge is 2.09. The number of nitrogens with two attached hydrogens (primary N) is 2. The second-order valence-corrected chi connectivity index (χ2v) is 3.73. The first-order valence-electron chi connectivity index (χ1n) is 5.10. The molecule has 0 bridgehead atoms. The average molecular weight is 226 g/mol. The number of nitrogens with zero attached hydrogens (tertiary/aromatic N) is 2. The zero-order chi connectivity index (χ0) is 11.8. The zero-order valence-electron chi connectivity index (χ0n) is 8.92. The third kappa shape index (κ3) is 1.67. The van der Waals surface area contributed by atoms with E-state index in [1.165, 1.54) is 0 Å². The molecule has 2 heterocycles. The predicted molar refractivity (Wildman–Crippen MR) is 66.1 cm³/mol. The molecule has 0 aliphatic heterocycles. The molecule has 2 aromatic heterocycles. The molecule has 0 amide bonds. The van der Waals surface area contributed by atoms with Crippen molar-refractivity contribution in [3.63, 3.8) is 0 Å². The van der Waals surface area contributed by atoms with Gasteiger partial charge in [0.05, 0.1) is 0 Å². The Balaban J connectivity index is 2.20. The van der Waals surface area contributed by atoms with Crippen molar-refractivity contribution >= 4 is 22.6 Å². The summed E-state index contributed by atoms with van der Waals surface area (Å²) < 4.78 is 5.58. The van der Waals surface area contributed by atoms with Crippen molar-refractivity contribution in [2.75, 3.05) is 11.5 Å². The number of hydrogen-bond donors (Lipinski definition) is 2. The van der Waals surface area contributed by atoms with Crippen molar-refractivity contribution in [3.05, 3.63) is 36.5 Å². The Labute approximate surface area is 97.1 Å². The van der Waals surface area contributed by atoms with Crippen LogP contribution in [0.1, 0.15) is 0 Å². The van der Waals surface area contributed by atoms with Gasteiger partial charge in [-0.05, 0) is 30.3 Å². The van der Waals surface area contributed by atoms with Gasteiger partial charge in [-0.2, -0.15) is 4.98 Å². The van der Waals surface area contributed by atoms with E-state index < -0.39 is 0 Å². The molecule has 0 saturated heterocycles. The summed E-state index contributed by atoms with van der Waals surface area (Å²) in [7, 11) is 0. The lowest BCUT2D eigenvalue weighted by molar-refractivity contribution is 0.620. The van der Waals surface area contributed by atoms with Crippen LogP contribution in [0.25, 0.3) is 22.7 Å². The third-order valence-corrected chi connectivity index (χ3v) is 2.39. The lowest BCUT2D eigenvalue weighted by atomic mass is 10.2. The van der Waals surface area contributed by atoms with Crippen LogP contribution in [-0.4, -0.2) is 9.97 Å². The van der Waals surface area contributed by atoms with Gasteiger partial charge < -0.3 is 15.9 Å². The van der Waals surface area contributed by atoms with E-state index in [1.54, 1.807) is 30.5 Å². The van der Waals surface area contributed by atoms with Crippen LogP contribution >= 0.6 is 0 Å². The molecule has 0 atom stereocenters. The fraction of sp³-hybridized carbons (Fsp3) is 0. The van der Waals surface area contributed by atoms with Gasteiger partial charge in [-0.25, -0.2) is 4.98 Å². The fourth-order valence-electron chi connectivity index (χ4n) is 1.69. The molecule has 0 aliphatic rings. The number of benzene rings is 1. The molecule has 0 saturated carbocycles. The minimum atomic E-state index is 0.470. The first-order valence-corrected chi connectivity index (χ1v) is 5.10. The van der Waals surface area contributed by atoms with Crippen LogP contribution in [0.2, 0.25) is 0 Å². The lowest BCUT2D eigenvalue weighted by Gasteiger charge is -2.00. The van der Waals surface area contributed by atoms with Crippen molar-refractivity contribution in [3.8, 4) is 11.5 Å². The molecule has 3 aromatic rings. The molecular weight excluding hydrogens is 216 g/mol. The van der Waals surface area contributed by atoms with Crippen LogP contribution in [0.3, 0.4) is 0 Å². The number of nitrogen functional groups attached to an aromatic ring is 2. The summed E-state index contributed by atoms with van der Waals surface area (Å²) in [6.45, 7) is 0. The maximum atomic E-state index is 5.73. The van der Waals surface area contributed by atoms with Gasteiger partial charge in [0.2, 0.25) is 5.89 Å². The Hall–Kier alpha value is -2.56. The van der Waals surface area contributed by atoms with Gasteiger partial charge in [0.1, 0.15) is 0 Å². The van der Waals surface area contributed by atoms with Gasteiger partial charge in [0.15, 0.2) is 11.2 Å². The molecule has 5 nitrogen and oxygen atoms in total. The molecule has 0 unspecified atom stereocenters. The lowest BCUT2D eigenvalue weighted by Crippen LogP contribution is -1.91. The van der Waals surface area contributed by atoms with Gasteiger partial charge in [-0.15, -0.1) is 0 Å². The Kier molecular flexibility index (Phi) is 1.98. The summed E-state index contributed by atoms with van der Waals surface area (Å²) in [4.78, 5) is 8.38. The number of pyridine rings is 1. The van der Waals surface area contributed by atoms with Crippen LogP contribution in [0, 0.1) is 0 Å². The van der Waals surface area contributed by atoms with Crippen molar-refractivity contribution in [2.24, 2.45) is 0 Å². The highest BCUT2D eigenvalue weighted by Crippen LogP contribution is 2.26. The molecule has 0 spiro atoms. The van der Waals surface area contributed by atoms with Crippen molar-refractivity contribution in [1.29, 1.82) is 0 Å². The Morgan fingerprint density at radius 1 is 1.06 bits per heavy atom. The molecule has 5 heteroatoms. The summed E-state index contributed by atoms with van der Waals surface area (Å²) in [5, 5.41) is 0. The molecule has 3 rings (SSSR count). The maximum Gasteiger partial charge on any atom is 0.229 e. The van der Waals surface area contributed by atoms with Crippen LogP contribution in [-0.2, 0) is 0 Å². The van der Waals surface area contributed by atoms with E-state index in [2.05, 4.69) is 9.97 Å². The SMILES string of the molecule is Nc1cc(N)cc(-c2nc3ncccc3o2)c1. The van der Waals surface area contributed by atoms with Gasteiger partial charge in [-0.1, -0.05) is 0 Å². The highest BCUT2D eigenvalue weighted by atomic mass is 16.3. The Morgan fingerprint density at radius 3 is 2.53 bits per heavy atom. The van der Waals surface area contributed by atoms with Gasteiger partial charge in [-0.3, -0.25) is 0 Å². The number of anilines is 2. The minimum absolute atomic E-state index is 0.470. The standard InChI is InChI=1S/C12H10N4O/c13-8-4-7(5-9(14)6-8)12-16-11-10(17-12)2-1-3-15-11/h1-6H,13-14H2. The number of hydrogen-bond acceptors (Lipinski definition) is 5. The van der Waals surface area contributed by atoms with E-state index in [1.807, 2.05) is 6.07 Å². The molecule has 4 N–H and O–H groups in total. The zero-order valence-corrected chi connectivity index (χ0v) is 8.92. The van der Waals surface area contributed by atoms with E-state index in [9.17, 15) is 0 Å². The number of aromatic nitrogens is 2. The second-order valence-electron chi connectivity index (χ2n) is 3.73. The van der Waals surface area contributed by atoms with Crippen LogP contribution < -0.4 is 11.5 Å². The predicted octanol–water partition coefficient (Wildman–Crippen LogP) is 2.05. The fourth-order valence-corrected chi connectivity index (χ4v) is 1.69. The van der Waals surface area contributed by atoms with Crippen LogP contribution in [0.4, 0.5) is 11.4 Å². The number of oxazole rings is 1. The number of fused-ring (bicyclic) bond motifs is 1. The largest absolute Gasteiger partial charge is 0.434 e. The van der Waals surface area contributed by atoms with E-state index in [0.29, 0.717) is 28.5 Å². The highest BCUT2D eigenvalue weighted by molar-refractivity contribution is 5.74. The average Bonchev–Trinajstić information content (AvgIpc) is 2.71. The van der Waals surface area contributed by atoms with E-state index in [0.717, 1.165) is 5.56 Å². The van der Waals surface area contributed by atoms with Gasteiger partial charge in [0.25, 0.3) is 0 Å². The third-order valence-electron chi connectivity index (χ3n) is 2.39.